The molecule has 1 unspecified atom stereocenters. The molecule has 2 aromatic carbocycles. The first kappa shape index (κ1) is 16.3. The second-order valence-corrected chi connectivity index (χ2v) is 6.55. The van der Waals surface area contributed by atoms with Gasteiger partial charge in [0.15, 0.2) is 0 Å². The standard InChI is InChI=1S/C22H20N2O2/c25-21-18-10-4-5-11-20(18)23-15-19(21)22(26)24-14-6-9-17(24)13-12-16-7-2-1-3-8-16/h1-5,7-8,10-13,15,17H,6,9,14H2,(H,23,25)/b13-12+. The van der Waals surface area contributed by atoms with Gasteiger partial charge in [-0.1, -0.05) is 54.6 Å². The number of nitrogens with one attached hydrogen (secondary N) is 1. The Morgan fingerprint density at radius 2 is 1.85 bits per heavy atom. The number of pyridine rings is 1. The number of para-hydroxylation sites is 1. The number of aromatic amines is 1. The van der Waals surface area contributed by atoms with Crippen LogP contribution in [0, 0.1) is 0 Å². The maximum absolute atomic E-state index is 13.0. The lowest BCUT2D eigenvalue weighted by atomic mass is 10.1. The van der Waals surface area contributed by atoms with E-state index in [-0.39, 0.29) is 22.9 Å². The zero-order valence-electron chi connectivity index (χ0n) is 14.4. The van der Waals surface area contributed by atoms with E-state index in [1.165, 1.54) is 0 Å². The van der Waals surface area contributed by atoms with E-state index in [4.69, 9.17) is 0 Å². The number of nitrogens with zero attached hydrogens (tertiary/aromatic N) is 1. The second-order valence-electron chi connectivity index (χ2n) is 6.55. The summed E-state index contributed by atoms with van der Waals surface area (Å²) in [5.41, 5.74) is 1.86. The average Bonchev–Trinajstić information content (AvgIpc) is 3.16. The first-order valence-corrected chi connectivity index (χ1v) is 8.89. The Balaban J connectivity index is 1.62. The minimum Gasteiger partial charge on any atom is -0.360 e. The van der Waals surface area contributed by atoms with Crippen LogP contribution < -0.4 is 5.43 Å². The highest BCUT2D eigenvalue weighted by molar-refractivity contribution is 5.97. The van der Waals surface area contributed by atoms with Crippen molar-refractivity contribution >= 4 is 22.9 Å². The summed E-state index contributed by atoms with van der Waals surface area (Å²) in [6, 6.07) is 17.3. The Kier molecular flexibility index (Phi) is 4.40. The molecule has 0 radical (unpaired) electrons. The zero-order valence-corrected chi connectivity index (χ0v) is 14.4. The van der Waals surface area contributed by atoms with Crippen LogP contribution in [0.1, 0.15) is 28.8 Å². The van der Waals surface area contributed by atoms with E-state index >= 15 is 0 Å². The zero-order chi connectivity index (χ0) is 17.9. The van der Waals surface area contributed by atoms with Gasteiger partial charge in [0.1, 0.15) is 5.56 Å². The van der Waals surface area contributed by atoms with Crippen LogP contribution in [0.3, 0.4) is 0 Å². The number of carbonyl (C=O) groups excluding carboxylic acids is 1. The third kappa shape index (κ3) is 3.06. The Labute approximate surface area is 151 Å². The van der Waals surface area contributed by atoms with Crippen LogP contribution in [0.5, 0.6) is 0 Å². The molecule has 1 N–H and O–H groups in total. The molecule has 26 heavy (non-hydrogen) atoms. The van der Waals surface area contributed by atoms with Crippen molar-refractivity contribution < 1.29 is 4.79 Å². The van der Waals surface area contributed by atoms with Gasteiger partial charge in [0.05, 0.1) is 6.04 Å². The number of carbonyl (C=O) groups is 1. The smallest absolute Gasteiger partial charge is 0.259 e. The average molecular weight is 344 g/mol. The molecule has 0 bridgehead atoms. The lowest BCUT2D eigenvalue weighted by molar-refractivity contribution is 0.0760. The number of H-pyrrole nitrogens is 1. The number of aromatic nitrogens is 1. The molecular formula is C22H20N2O2. The van der Waals surface area contributed by atoms with Gasteiger partial charge in [-0.3, -0.25) is 9.59 Å². The number of likely N-dealkylation sites (tertiary alicyclic amines) is 1. The van der Waals surface area contributed by atoms with Gasteiger partial charge in [-0.2, -0.15) is 0 Å². The van der Waals surface area contributed by atoms with Crippen LogP contribution in [0.15, 0.2) is 71.7 Å². The van der Waals surface area contributed by atoms with E-state index in [1.54, 1.807) is 17.2 Å². The summed E-state index contributed by atoms with van der Waals surface area (Å²) in [5, 5.41) is 0.550. The Bertz CT molecular complexity index is 1020. The molecule has 0 spiro atoms. The minimum atomic E-state index is -0.206. The molecule has 1 aliphatic heterocycles. The predicted octanol–water partition coefficient (Wildman–Crippen LogP) is 3.85. The molecule has 1 aliphatic rings. The predicted molar refractivity (Wildman–Crippen MR) is 104 cm³/mol. The molecule has 0 aliphatic carbocycles. The molecule has 1 fully saturated rings. The van der Waals surface area contributed by atoms with Crippen LogP contribution >= 0.6 is 0 Å². The molecule has 4 rings (SSSR count). The molecular weight excluding hydrogens is 324 g/mol. The number of amides is 1. The van der Waals surface area contributed by atoms with Gasteiger partial charge in [-0.15, -0.1) is 0 Å². The fourth-order valence-electron chi connectivity index (χ4n) is 3.51. The molecule has 130 valence electrons. The highest BCUT2D eigenvalue weighted by Gasteiger charge is 2.29. The number of fused-ring (bicyclic) bond motifs is 1. The van der Waals surface area contributed by atoms with Gasteiger partial charge in [0.25, 0.3) is 5.91 Å². The van der Waals surface area contributed by atoms with E-state index < -0.39 is 0 Å². The maximum Gasteiger partial charge on any atom is 0.259 e. The van der Waals surface area contributed by atoms with Crippen molar-refractivity contribution in [2.45, 2.75) is 18.9 Å². The molecule has 1 atom stereocenters. The molecule has 4 heteroatoms. The molecule has 1 aromatic heterocycles. The van der Waals surface area contributed by atoms with Gasteiger partial charge in [0, 0.05) is 23.6 Å². The minimum absolute atomic E-state index is 0.0218. The summed E-state index contributed by atoms with van der Waals surface area (Å²) in [6.07, 6.45) is 7.52. The van der Waals surface area contributed by atoms with Crippen molar-refractivity contribution in [1.29, 1.82) is 0 Å². The van der Waals surface area contributed by atoms with Crippen LogP contribution in [-0.2, 0) is 0 Å². The van der Waals surface area contributed by atoms with Gasteiger partial charge < -0.3 is 9.88 Å². The van der Waals surface area contributed by atoms with E-state index in [2.05, 4.69) is 11.1 Å². The van der Waals surface area contributed by atoms with Crippen LogP contribution in [0.4, 0.5) is 0 Å². The topological polar surface area (TPSA) is 53.2 Å². The van der Waals surface area contributed by atoms with Crippen LogP contribution in [-0.4, -0.2) is 28.4 Å². The third-order valence-corrected chi connectivity index (χ3v) is 4.89. The monoisotopic (exact) mass is 344 g/mol. The Morgan fingerprint density at radius 1 is 1.08 bits per heavy atom. The number of benzene rings is 2. The van der Waals surface area contributed by atoms with Gasteiger partial charge in [-0.25, -0.2) is 0 Å². The molecule has 0 saturated carbocycles. The molecule has 3 aromatic rings. The van der Waals surface area contributed by atoms with Crippen LogP contribution in [0.25, 0.3) is 17.0 Å². The van der Waals surface area contributed by atoms with Gasteiger partial charge in [-0.05, 0) is 30.5 Å². The lowest BCUT2D eigenvalue weighted by Gasteiger charge is -2.22. The number of hydrogen-bond acceptors (Lipinski definition) is 2. The highest BCUT2D eigenvalue weighted by Crippen LogP contribution is 2.21. The maximum atomic E-state index is 13.0. The fourth-order valence-corrected chi connectivity index (χ4v) is 3.51. The van der Waals surface area contributed by atoms with Gasteiger partial charge in [0.2, 0.25) is 5.43 Å². The van der Waals surface area contributed by atoms with E-state index in [0.717, 1.165) is 23.9 Å². The number of rotatable bonds is 3. The van der Waals surface area contributed by atoms with E-state index in [9.17, 15) is 9.59 Å². The second kappa shape index (κ2) is 7.00. The molecule has 1 saturated heterocycles. The van der Waals surface area contributed by atoms with Crippen molar-refractivity contribution in [3.8, 4) is 0 Å². The summed E-state index contributed by atoms with van der Waals surface area (Å²) >= 11 is 0. The summed E-state index contributed by atoms with van der Waals surface area (Å²) < 4.78 is 0. The summed E-state index contributed by atoms with van der Waals surface area (Å²) in [6.45, 7) is 0.675. The largest absolute Gasteiger partial charge is 0.360 e. The summed E-state index contributed by atoms with van der Waals surface area (Å²) in [7, 11) is 0. The van der Waals surface area contributed by atoms with Crippen molar-refractivity contribution in [2.75, 3.05) is 6.54 Å². The normalized spacial score (nSPS) is 17.2. The van der Waals surface area contributed by atoms with Crippen molar-refractivity contribution in [3.05, 3.63) is 88.2 Å². The highest BCUT2D eigenvalue weighted by atomic mass is 16.2. The Hall–Kier alpha value is -3.14. The lowest BCUT2D eigenvalue weighted by Crippen LogP contribution is -2.37. The van der Waals surface area contributed by atoms with Gasteiger partial charge >= 0.3 is 0 Å². The quantitative estimate of drug-likeness (QED) is 0.785. The third-order valence-electron chi connectivity index (χ3n) is 4.89. The van der Waals surface area contributed by atoms with Crippen LogP contribution in [0.2, 0.25) is 0 Å². The van der Waals surface area contributed by atoms with Crippen molar-refractivity contribution in [1.82, 2.24) is 9.88 Å². The molecule has 2 heterocycles. The first-order chi connectivity index (χ1) is 12.7. The Morgan fingerprint density at radius 3 is 2.69 bits per heavy atom. The SMILES string of the molecule is O=C(c1c[nH]c2ccccc2c1=O)N1CCCC1/C=C/c1ccccc1. The molecule has 4 nitrogen and oxygen atoms in total. The van der Waals surface area contributed by atoms with Crippen molar-refractivity contribution in [2.24, 2.45) is 0 Å². The first-order valence-electron chi connectivity index (χ1n) is 8.89. The molecule has 1 amide bonds. The number of hydrogen-bond donors (Lipinski definition) is 1. The summed E-state index contributed by atoms with van der Waals surface area (Å²) in [5.74, 6) is -0.197. The van der Waals surface area contributed by atoms with Crippen molar-refractivity contribution in [3.63, 3.8) is 0 Å². The summed E-state index contributed by atoms with van der Waals surface area (Å²) in [4.78, 5) is 30.6. The fraction of sp³-hybridized carbons (Fsp3) is 0.182. The van der Waals surface area contributed by atoms with E-state index in [0.29, 0.717) is 11.9 Å². The van der Waals surface area contributed by atoms with E-state index in [1.807, 2.05) is 54.6 Å².